The maximum absolute atomic E-state index is 9.08. The summed E-state index contributed by atoms with van der Waals surface area (Å²) in [4.78, 5) is 0. The molecular formula is C10H16N2O. The molecule has 72 valence electrons. The molecule has 0 saturated carbocycles. The lowest BCUT2D eigenvalue weighted by atomic mass is 10.0. The lowest BCUT2D eigenvalue weighted by molar-refractivity contribution is 0.251. The molecule has 0 bridgehead atoms. The van der Waals surface area contributed by atoms with Crippen LogP contribution in [0.1, 0.15) is 17.2 Å². The molecule has 0 aliphatic rings. The zero-order chi connectivity index (χ0) is 9.84. The summed E-state index contributed by atoms with van der Waals surface area (Å²) in [7, 11) is 1.81. The third-order valence-electron chi connectivity index (χ3n) is 2.15. The number of aryl methyl sites for hydroxylation is 1. The van der Waals surface area contributed by atoms with E-state index in [4.69, 9.17) is 10.8 Å². The van der Waals surface area contributed by atoms with E-state index < -0.39 is 0 Å². The van der Waals surface area contributed by atoms with Crippen LogP contribution in [0.2, 0.25) is 0 Å². The molecule has 0 spiro atoms. The summed E-state index contributed by atoms with van der Waals surface area (Å²) >= 11 is 0. The Balaban J connectivity index is 3.03. The molecule has 1 aromatic carbocycles. The molecule has 4 N–H and O–H groups in total. The minimum absolute atomic E-state index is 0.0597. The lowest BCUT2D eigenvalue weighted by Crippen LogP contribution is -2.21. The highest BCUT2D eigenvalue weighted by molar-refractivity contribution is 5.50. The molecule has 0 aliphatic carbocycles. The third-order valence-corrected chi connectivity index (χ3v) is 2.15. The van der Waals surface area contributed by atoms with Crippen LogP contribution in [0.15, 0.2) is 18.2 Å². The first kappa shape index (κ1) is 10.0. The van der Waals surface area contributed by atoms with Crippen molar-refractivity contribution in [2.75, 3.05) is 19.4 Å². The molecule has 1 aromatic rings. The van der Waals surface area contributed by atoms with Crippen molar-refractivity contribution in [2.24, 2.45) is 0 Å². The van der Waals surface area contributed by atoms with Crippen LogP contribution in [0.25, 0.3) is 0 Å². The fourth-order valence-electron chi connectivity index (χ4n) is 1.34. The average Bonchev–Trinajstić information content (AvgIpc) is 2.13. The van der Waals surface area contributed by atoms with Gasteiger partial charge in [0, 0.05) is 5.69 Å². The molecule has 0 saturated heterocycles. The van der Waals surface area contributed by atoms with Crippen LogP contribution in [0.5, 0.6) is 0 Å². The van der Waals surface area contributed by atoms with E-state index in [-0.39, 0.29) is 12.6 Å². The number of nitrogen functional groups attached to an aromatic ring is 1. The van der Waals surface area contributed by atoms with E-state index in [0.29, 0.717) is 0 Å². The highest BCUT2D eigenvalue weighted by atomic mass is 16.3. The van der Waals surface area contributed by atoms with Crippen LogP contribution in [0.4, 0.5) is 5.69 Å². The van der Waals surface area contributed by atoms with Crippen LogP contribution >= 0.6 is 0 Å². The number of likely N-dealkylation sites (N-methyl/N-ethyl adjacent to an activating group) is 1. The van der Waals surface area contributed by atoms with Gasteiger partial charge < -0.3 is 16.2 Å². The zero-order valence-electron chi connectivity index (χ0n) is 8.04. The first-order valence-corrected chi connectivity index (χ1v) is 4.33. The summed E-state index contributed by atoms with van der Waals surface area (Å²) in [6.45, 7) is 2.07. The van der Waals surface area contributed by atoms with Crippen molar-refractivity contribution in [3.63, 3.8) is 0 Å². The van der Waals surface area contributed by atoms with Crippen LogP contribution in [0.3, 0.4) is 0 Å². The van der Waals surface area contributed by atoms with Gasteiger partial charge in [0.2, 0.25) is 0 Å². The topological polar surface area (TPSA) is 58.3 Å². The number of benzene rings is 1. The predicted octanol–water partition coefficient (Wildman–Crippen LogP) is 0.830. The minimum atomic E-state index is -0.0695. The largest absolute Gasteiger partial charge is 0.398 e. The number of aliphatic hydroxyl groups excluding tert-OH is 1. The van der Waals surface area contributed by atoms with Crippen molar-refractivity contribution < 1.29 is 5.11 Å². The molecule has 13 heavy (non-hydrogen) atoms. The number of aliphatic hydroxyl groups is 1. The van der Waals surface area contributed by atoms with E-state index in [1.54, 1.807) is 0 Å². The molecule has 0 unspecified atom stereocenters. The first-order valence-electron chi connectivity index (χ1n) is 4.33. The number of rotatable bonds is 3. The highest BCUT2D eigenvalue weighted by Crippen LogP contribution is 2.20. The van der Waals surface area contributed by atoms with Crippen molar-refractivity contribution in [3.05, 3.63) is 29.3 Å². The molecule has 0 amide bonds. The standard InChI is InChI=1S/C10H16N2O/c1-7-3-4-9(11)8(5-7)10(6-13)12-2/h3-5,10,12-13H,6,11H2,1-2H3/t10-/m1/s1. The molecular weight excluding hydrogens is 164 g/mol. The SMILES string of the molecule is CN[C@H](CO)c1cc(C)ccc1N. The third kappa shape index (κ3) is 2.20. The first-order chi connectivity index (χ1) is 6.19. The smallest absolute Gasteiger partial charge is 0.0627 e. The zero-order valence-corrected chi connectivity index (χ0v) is 8.04. The molecule has 1 rings (SSSR count). The molecule has 0 aliphatic heterocycles. The summed E-state index contributed by atoms with van der Waals surface area (Å²) < 4.78 is 0. The van der Waals surface area contributed by atoms with Crippen LogP contribution in [0, 0.1) is 6.92 Å². The van der Waals surface area contributed by atoms with E-state index >= 15 is 0 Å². The Morgan fingerprint density at radius 2 is 2.23 bits per heavy atom. The van der Waals surface area contributed by atoms with Gasteiger partial charge in [0.1, 0.15) is 0 Å². The molecule has 3 heteroatoms. The molecule has 1 atom stereocenters. The molecule has 0 aromatic heterocycles. The maximum atomic E-state index is 9.08. The fraction of sp³-hybridized carbons (Fsp3) is 0.400. The molecule has 0 radical (unpaired) electrons. The number of nitrogens with one attached hydrogen (secondary N) is 1. The Labute approximate surface area is 78.6 Å². The molecule has 0 heterocycles. The van der Waals surface area contributed by atoms with Crippen LogP contribution in [-0.4, -0.2) is 18.8 Å². The van der Waals surface area contributed by atoms with E-state index in [9.17, 15) is 0 Å². The second-order valence-corrected chi connectivity index (χ2v) is 3.16. The van der Waals surface area contributed by atoms with Gasteiger partial charge in [-0.05, 0) is 25.6 Å². The van der Waals surface area contributed by atoms with Gasteiger partial charge in [0.05, 0.1) is 12.6 Å². The van der Waals surface area contributed by atoms with Gasteiger partial charge in [0.15, 0.2) is 0 Å². The predicted molar refractivity (Wildman–Crippen MR) is 54.5 cm³/mol. The Kier molecular flexibility index (Phi) is 3.28. The van der Waals surface area contributed by atoms with E-state index in [1.165, 1.54) is 0 Å². The van der Waals surface area contributed by atoms with Gasteiger partial charge in [-0.2, -0.15) is 0 Å². The van der Waals surface area contributed by atoms with Gasteiger partial charge in [-0.3, -0.25) is 0 Å². The van der Waals surface area contributed by atoms with Crippen molar-refractivity contribution in [2.45, 2.75) is 13.0 Å². The van der Waals surface area contributed by atoms with Crippen LogP contribution < -0.4 is 11.1 Å². The highest BCUT2D eigenvalue weighted by Gasteiger charge is 2.10. The van der Waals surface area contributed by atoms with Crippen molar-refractivity contribution in [1.82, 2.24) is 5.32 Å². The average molecular weight is 180 g/mol. The Morgan fingerprint density at radius 1 is 1.54 bits per heavy atom. The van der Waals surface area contributed by atoms with E-state index in [1.807, 2.05) is 32.2 Å². The van der Waals surface area contributed by atoms with Gasteiger partial charge in [-0.1, -0.05) is 17.7 Å². The van der Waals surface area contributed by atoms with Crippen molar-refractivity contribution >= 4 is 5.69 Å². The number of nitrogens with two attached hydrogens (primary N) is 1. The quantitative estimate of drug-likeness (QED) is 0.604. The van der Waals surface area contributed by atoms with Crippen LogP contribution in [-0.2, 0) is 0 Å². The number of anilines is 1. The second-order valence-electron chi connectivity index (χ2n) is 3.16. The summed E-state index contributed by atoms with van der Waals surface area (Å²) in [5, 5.41) is 12.1. The van der Waals surface area contributed by atoms with Gasteiger partial charge in [-0.25, -0.2) is 0 Å². The Hall–Kier alpha value is -1.06. The van der Waals surface area contributed by atoms with Gasteiger partial charge >= 0.3 is 0 Å². The number of hydrogen-bond donors (Lipinski definition) is 3. The summed E-state index contributed by atoms with van der Waals surface area (Å²) in [6.07, 6.45) is 0. The molecule has 3 nitrogen and oxygen atoms in total. The Morgan fingerprint density at radius 3 is 2.77 bits per heavy atom. The summed E-state index contributed by atoms with van der Waals surface area (Å²) in [5.41, 5.74) is 8.63. The monoisotopic (exact) mass is 180 g/mol. The summed E-state index contributed by atoms with van der Waals surface area (Å²) in [5.74, 6) is 0. The van der Waals surface area contributed by atoms with Crippen molar-refractivity contribution in [1.29, 1.82) is 0 Å². The van der Waals surface area contributed by atoms with Crippen molar-refractivity contribution in [3.8, 4) is 0 Å². The maximum Gasteiger partial charge on any atom is 0.0627 e. The molecule has 0 fully saturated rings. The normalized spacial score (nSPS) is 12.8. The second kappa shape index (κ2) is 4.25. The van der Waals surface area contributed by atoms with Gasteiger partial charge in [0.25, 0.3) is 0 Å². The van der Waals surface area contributed by atoms with E-state index in [0.717, 1.165) is 16.8 Å². The minimum Gasteiger partial charge on any atom is -0.398 e. The summed E-state index contributed by atoms with van der Waals surface area (Å²) in [6, 6.07) is 5.75. The van der Waals surface area contributed by atoms with E-state index in [2.05, 4.69) is 5.32 Å². The Bertz CT molecular complexity index is 282. The fourth-order valence-corrected chi connectivity index (χ4v) is 1.34. The van der Waals surface area contributed by atoms with Gasteiger partial charge in [-0.15, -0.1) is 0 Å². The number of hydrogen-bond acceptors (Lipinski definition) is 3. The lowest BCUT2D eigenvalue weighted by Gasteiger charge is -2.16.